The van der Waals surface area contributed by atoms with Gasteiger partial charge in [0.25, 0.3) is 0 Å². The maximum Gasteiger partial charge on any atom is 0.232 e. The summed E-state index contributed by atoms with van der Waals surface area (Å²) in [5.41, 5.74) is 4.20. The third-order valence-corrected chi connectivity index (χ3v) is 4.85. The van der Waals surface area contributed by atoms with Gasteiger partial charge in [0.1, 0.15) is 6.33 Å². The SMILES string of the molecule is CC(=O)Nc1cccc(Nc2ncnc(N3CCc4ccccc4[C@@H]3C)n2)c1. The van der Waals surface area contributed by atoms with Gasteiger partial charge in [0.15, 0.2) is 0 Å². The number of carbonyl (C=O) groups excluding carboxylic acids is 1. The van der Waals surface area contributed by atoms with Crippen molar-refractivity contribution in [2.24, 2.45) is 0 Å². The summed E-state index contributed by atoms with van der Waals surface area (Å²) in [5, 5.41) is 5.96. The Hall–Kier alpha value is -3.48. The first-order valence-corrected chi connectivity index (χ1v) is 9.28. The Balaban J connectivity index is 1.55. The second kappa shape index (κ2) is 7.64. The van der Waals surface area contributed by atoms with E-state index in [1.165, 1.54) is 24.4 Å². The molecule has 1 atom stereocenters. The molecule has 1 aliphatic heterocycles. The van der Waals surface area contributed by atoms with Crippen molar-refractivity contribution < 1.29 is 4.79 Å². The van der Waals surface area contributed by atoms with Crippen LogP contribution in [0.2, 0.25) is 0 Å². The lowest BCUT2D eigenvalue weighted by molar-refractivity contribution is -0.114. The lowest BCUT2D eigenvalue weighted by Crippen LogP contribution is -2.35. The minimum Gasteiger partial charge on any atom is -0.334 e. The fourth-order valence-corrected chi connectivity index (χ4v) is 3.54. The highest BCUT2D eigenvalue weighted by Gasteiger charge is 2.25. The molecule has 1 aromatic heterocycles. The molecule has 0 saturated heterocycles. The molecule has 2 N–H and O–H groups in total. The number of carbonyl (C=O) groups is 1. The van der Waals surface area contributed by atoms with E-state index in [-0.39, 0.29) is 11.9 Å². The highest BCUT2D eigenvalue weighted by atomic mass is 16.1. The first-order valence-electron chi connectivity index (χ1n) is 9.28. The van der Waals surface area contributed by atoms with Crippen LogP contribution in [0.4, 0.5) is 23.3 Å². The molecule has 0 fully saturated rings. The summed E-state index contributed by atoms with van der Waals surface area (Å²) in [4.78, 5) is 26.7. The molecular weight excluding hydrogens is 352 g/mol. The number of rotatable bonds is 4. The molecule has 7 heteroatoms. The smallest absolute Gasteiger partial charge is 0.232 e. The van der Waals surface area contributed by atoms with Gasteiger partial charge in [-0.1, -0.05) is 30.3 Å². The van der Waals surface area contributed by atoms with Crippen LogP contribution in [0.15, 0.2) is 54.9 Å². The number of hydrogen-bond donors (Lipinski definition) is 2. The molecule has 0 spiro atoms. The van der Waals surface area contributed by atoms with E-state index in [1.807, 2.05) is 24.3 Å². The van der Waals surface area contributed by atoms with Crippen molar-refractivity contribution in [2.75, 3.05) is 22.1 Å². The van der Waals surface area contributed by atoms with Crippen molar-refractivity contribution in [2.45, 2.75) is 26.3 Å². The molecular formula is C21H22N6O. The van der Waals surface area contributed by atoms with Gasteiger partial charge in [-0.3, -0.25) is 4.79 Å². The summed E-state index contributed by atoms with van der Waals surface area (Å²) in [5.74, 6) is 1.01. The number of benzene rings is 2. The minimum absolute atomic E-state index is 0.112. The maximum absolute atomic E-state index is 11.3. The van der Waals surface area contributed by atoms with Crippen LogP contribution in [0.3, 0.4) is 0 Å². The van der Waals surface area contributed by atoms with E-state index in [2.05, 4.69) is 61.7 Å². The van der Waals surface area contributed by atoms with Gasteiger partial charge in [0.2, 0.25) is 17.8 Å². The zero-order valence-electron chi connectivity index (χ0n) is 15.9. The van der Waals surface area contributed by atoms with Crippen molar-refractivity contribution in [1.82, 2.24) is 15.0 Å². The van der Waals surface area contributed by atoms with Crippen LogP contribution in [0.1, 0.15) is 31.0 Å². The van der Waals surface area contributed by atoms with Gasteiger partial charge >= 0.3 is 0 Å². The monoisotopic (exact) mass is 374 g/mol. The van der Waals surface area contributed by atoms with Gasteiger partial charge in [0.05, 0.1) is 6.04 Å². The largest absolute Gasteiger partial charge is 0.334 e. The van der Waals surface area contributed by atoms with E-state index >= 15 is 0 Å². The molecule has 1 aliphatic rings. The van der Waals surface area contributed by atoms with Gasteiger partial charge < -0.3 is 15.5 Å². The van der Waals surface area contributed by atoms with Crippen molar-refractivity contribution in [3.8, 4) is 0 Å². The summed E-state index contributed by atoms with van der Waals surface area (Å²) in [6, 6.07) is 16.1. The van der Waals surface area contributed by atoms with Crippen LogP contribution in [-0.2, 0) is 11.2 Å². The number of nitrogens with zero attached hydrogens (tertiary/aromatic N) is 4. The fraction of sp³-hybridized carbons (Fsp3) is 0.238. The molecule has 3 aromatic rings. The highest BCUT2D eigenvalue weighted by Crippen LogP contribution is 2.31. The molecule has 142 valence electrons. The van der Waals surface area contributed by atoms with Crippen molar-refractivity contribution in [3.63, 3.8) is 0 Å². The Morgan fingerprint density at radius 2 is 1.93 bits per heavy atom. The molecule has 4 rings (SSSR count). The quantitative estimate of drug-likeness (QED) is 0.725. The van der Waals surface area contributed by atoms with Gasteiger partial charge in [0, 0.05) is 24.8 Å². The lowest BCUT2D eigenvalue weighted by Gasteiger charge is -2.35. The first-order chi connectivity index (χ1) is 13.6. The van der Waals surface area contributed by atoms with E-state index in [0.717, 1.165) is 18.7 Å². The van der Waals surface area contributed by atoms with Crippen molar-refractivity contribution in [1.29, 1.82) is 0 Å². The van der Waals surface area contributed by atoms with Gasteiger partial charge in [-0.15, -0.1) is 0 Å². The van der Waals surface area contributed by atoms with E-state index in [4.69, 9.17) is 0 Å². The van der Waals surface area contributed by atoms with E-state index in [9.17, 15) is 4.79 Å². The second-order valence-electron chi connectivity index (χ2n) is 6.81. The number of aromatic nitrogens is 3. The molecule has 2 aromatic carbocycles. The van der Waals surface area contributed by atoms with Crippen LogP contribution in [0.25, 0.3) is 0 Å². The van der Waals surface area contributed by atoms with Gasteiger partial charge in [-0.05, 0) is 42.7 Å². The predicted molar refractivity (Wildman–Crippen MR) is 110 cm³/mol. The Bertz CT molecular complexity index is 1010. The fourth-order valence-electron chi connectivity index (χ4n) is 3.54. The molecule has 7 nitrogen and oxygen atoms in total. The van der Waals surface area contributed by atoms with Crippen LogP contribution in [0.5, 0.6) is 0 Å². The van der Waals surface area contributed by atoms with Gasteiger partial charge in [-0.25, -0.2) is 9.97 Å². The highest BCUT2D eigenvalue weighted by molar-refractivity contribution is 5.89. The van der Waals surface area contributed by atoms with Crippen molar-refractivity contribution >= 4 is 29.2 Å². The summed E-state index contributed by atoms with van der Waals surface area (Å²) in [6.45, 7) is 4.52. The standard InChI is InChI=1S/C21H22N6O/c1-14-19-9-4-3-6-16(19)10-11-27(14)21-23-13-22-20(26-21)25-18-8-5-7-17(12-18)24-15(2)28/h3-9,12-14H,10-11H2,1-2H3,(H,24,28)(H,22,23,25,26)/t14-/m0/s1. The zero-order chi connectivity index (χ0) is 19.5. The Kier molecular flexibility index (Phi) is 4.89. The second-order valence-corrected chi connectivity index (χ2v) is 6.81. The van der Waals surface area contributed by atoms with Crippen LogP contribution < -0.4 is 15.5 Å². The van der Waals surface area contributed by atoms with E-state index < -0.39 is 0 Å². The summed E-state index contributed by atoms with van der Waals surface area (Å²) in [6.07, 6.45) is 2.49. The minimum atomic E-state index is -0.112. The molecule has 0 bridgehead atoms. The molecule has 0 aliphatic carbocycles. The zero-order valence-corrected chi connectivity index (χ0v) is 15.9. The van der Waals surface area contributed by atoms with Crippen LogP contribution >= 0.6 is 0 Å². The summed E-state index contributed by atoms with van der Waals surface area (Å²) in [7, 11) is 0. The number of nitrogens with one attached hydrogen (secondary N) is 2. The van der Waals surface area contributed by atoms with Crippen LogP contribution in [0, 0.1) is 0 Å². The molecule has 2 heterocycles. The third-order valence-electron chi connectivity index (χ3n) is 4.85. The Labute approximate surface area is 163 Å². The average Bonchev–Trinajstić information content (AvgIpc) is 2.68. The van der Waals surface area contributed by atoms with Gasteiger partial charge in [-0.2, -0.15) is 4.98 Å². The topological polar surface area (TPSA) is 83.0 Å². The summed E-state index contributed by atoms with van der Waals surface area (Å²) >= 11 is 0. The number of hydrogen-bond acceptors (Lipinski definition) is 6. The van der Waals surface area contributed by atoms with Crippen molar-refractivity contribution in [3.05, 3.63) is 66.0 Å². The normalized spacial score (nSPS) is 15.6. The van der Waals surface area contributed by atoms with E-state index in [0.29, 0.717) is 17.6 Å². The maximum atomic E-state index is 11.3. The molecule has 0 saturated carbocycles. The predicted octanol–water partition coefficient (Wildman–Crippen LogP) is 3.70. The van der Waals surface area contributed by atoms with Crippen LogP contribution in [-0.4, -0.2) is 27.4 Å². The van der Waals surface area contributed by atoms with E-state index in [1.54, 1.807) is 0 Å². The third kappa shape index (κ3) is 3.78. The average molecular weight is 374 g/mol. The molecule has 1 amide bonds. The number of anilines is 4. The number of amides is 1. The molecule has 0 radical (unpaired) electrons. The number of fused-ring (bicyclic) bond motifs is 1. The lowest BCUT2D eigenvalue weighted by atomic mass is 9.94. The molecule has 28 heavy (non-hydrogen) atoms. The summed E-state index contributed by atoms with van der Waals surface area (Å²) < 4.78 is 0. The molecule has 0 unspecified atom stereocenters. The Morgan fingerprint density at radius 3 is 2.79 bits per heavy atom. The Morgan fingerprint density at radius 1 is 1.11 bits per heavy atom. The first kappa shape index (κ1) is 17.9.